The van der Waals surface area contributed by atoms with Crippen LogP contribution in [0.2, 0.25) is 0 Å². The van der Waals surface area contributed by atoms with Crippen molar-refractivity contribution in [2.75, 3.05) is 24.3 Å². The molecule has 0 bridgehead atoms. The summed E-state index contributed by atoms with van der Waals surface area (Å²) in [6, 6.07) is 1.73. The molecule has 0 saturated carbocycles. The Morgan fingerprint density at radius 2 is 2.15 bits per heavy atom. The van der Waals surface area contributed by atoms with E-state index in [1.165, 1.54) is 0 Å². The maximum atomic E-state index is 12.4. The third kappa shape index (κ3) is 2.79. The van der Waals surface area contributed by atoms with E-state index in [1.807, 2.05) is 21.0 Å². The second-order valence-corrected chi connectivity index (χ2v) is 5.44. The Labute approximate surface area is 125 Å². The molecule has 20 heavy (non-hydrogen) atoms. The van der Waals surface area contributed by atoms with Gasteiger partial charge in [-0.15, -0.1) is 5.10 Å². The van der Waals surface area contributed by atoms with Gasteiger partial charge in [-0.25, -0.2) is 4.98 Å². The lowest BCUT2D eigenvalue weighted by molar-refractivity contribution is 0.102. The summed E-state index contributed by atoms with van der Waals surface area (Å²) >= 11 is 3.32. The standard InChI is InChI=1S/C12H15BrN6O/c1-7-10(16-17-19(7)4)15-12(20)9-5-8(13)6-14-11(9)18(2)3/h5-6H,1-4H3,(H,15,20). The Morgan fingerprint density at radius 3 is 2.70 bits per heavy atom. The SMILES string of the molecule is Cc1c(NC(=O)c2cc(Br)cnc2N(C)C)nnn1C. The van der Waals surface area contributed by atoms with Crippen molar-refractivity contribution in [1.82, 2.24) is 20.0 Å². The molecule has 0 radical (unpaired) electrons. The molecule has 0 atom stereocenters. The van der Waals surface area contributed by atoms with Gasteiger partial charge >= 0.3 is 0 Å². The molecule has 1 amide bonds. The van der Waals surface area contributed by atoms with E-state index in [0.29, 0.717) is 17.2 Å². The van der Waals surface area contributed by atoms with Crippen molar-refractivity contribution in [3.8, 4) is 0 Å². The minimum atomic E-state index is -0.272. The number of aromatic nitrogens is 4. The summed E-state index contributed by atoms with van der Waals surface area (Å²) in [5.41, 5.74) is 1.25. The van der Waals surface area contributed by atoms with Crippen LogP contribution in [0.1, 0.15) is 16.1 Å². The fraction of sp³-hybridized carbons (Fsp3) is 0.333. The lowest BCUT2D eigenvalue weighted by Crippen LogP contribution is -2.20. The summed E-state index contributed by atoms with van der Waals surface area (Å²) in [4.78, 5) is 18.4. The summed E-state index contributed by atoms with van der Waals surface area (Å²) in [6.07, 6.45) is 1.65. The molecule has 0 spiro atoms. The van der Waals surface area contributed by atoms with Crippen LogP contribution in [-0.2, 0) is 7.05 Å². The quantitative estimate of drug-likeness (QED) is 0.919. The third-order valence-electron chi connectivity index (χ3n) is 2.84. The fourth-order valence-corrected chi connectivity index (χ4v) is 1.98. The topological polar surface area (TPSA) is 75.9 Å². The van der Waals surface area contributed by atoms with E-state index in [0.717, 1.165) is 10.2 Å². The molecule has 2 aromatic rings. The van der Waals surface area contributed by atoms with Crippen LogP contribution in [0.5, 0.6) is 0 Å². The Kier molecular flexibility index (Phi) is 4.03. The molecular formula is C12H15BrN6O. The maximum Gasteiger partial charge on any atom is 0.260 e. The summed E-state index contributed by atoms with van der Waals surface area (Å²) in [5, 5.41) is 10.5. The zero-order valence-corrected chi connectivity index (χ0v) is 13.3. The van der Waals surface area contributed by atoms with Gasteiger partial charge in [0.05, 0.1) is 11.3 Å². The fourth-order valence-electron chi connectivity index (χ4n) is 1.65. The van der Waals surface area contributed by atoms with Crippen molar-refractivity contribution in [3.63, 3.8) is 0 Å². The Morgan fingerprint density at radius 1 is 1.45 bits per heavy atom. The Balaban J connectivity index is 2.34. The van der Waals surface area contributed by atoms with Crippen LogP contribution in [0.3, 0.4) is 0 Å². The van der Waals surface area contributed by atoms with Gasteiger partial charge in [-0.2, -0.15) is 0 Å². The summed E-state index contributed by atoms with van der Waals surface area (Å²) in [6.45, 7) is 1.83. The summed E-state index contributed by atoms with van der Waals surface area (Å²) < 4.78 is 2.34. The number of rotatable bonds is 3. The highest BCUT2D eigenvalue weighted by atomic mass is 79.9. The predicted octanol–water partition coefficient (Wildman–Crippen LogP) is 1.60. The number of nitrogens with one attached hydrogen (secondary N) is 1. The predicted molar refractivity (Wildman–Crippen MR) is 80.0 cm³/mol. The van der Waals surface area contributed by atoms with E-state index >= 15 is 0 Å². The van der Waals surface area contributed by atoms with Crippen molar-refractivity contribution < 1.29 is 4.79 Å². The number of nitrogens with zero attached hydrogens (tertiary/aromatic N) is 5. The number of hydrogen-bond acceptors (Lipinski definition) is 5. The minimum absolute atomic E-state index is 0.272. The van der Waals surface area contributed by atoms with Crippen LogP contribution in [0.25, 0.3) is 0 Å². The van der Waals surface area contributed by atoms with Crippen molar-refractivity contribution in [1.29, 1.82) is 0 Å². The molecule has 0 aliphatic rings. The molecule has 0 aromatic carbocycles. The normalized spacial score (nSPS) is 10.4. The van der Waals surface area contributed by atoms with Gasteiger partial charge in [0.2, 0.25) is 0 Å². The molecule has 1 N–H and O–H groups in total. The third-order valence-corrected chi connectivity index (χ3v) is 3.27. The first-order valence-corrected chi connectivity index (χ1v) is 6.70. The van der Waals surface area contributed by atoms with E-state index < -0.39 is 0 Å². The molecule has 2 heterocycles. The van der Waals surface area contributed by atoms with Gasteiger partial charge in [0, 0.05) is 31.8 Å². The van der Waals surface area contributed by atoms with Gasteiger partial charge in [-0.1, -0.05) is 5.21 Å². The molecule has 0 saturated heterocycles. The van der Waals surface area contributed by atoms with E-state index in [1.54, 1.807) is 28.9 Å². The molecule has 0 aliphatic carbocycles. The van der Waals surface area contributed by atoms with E-state index in [-0.39, 0.29) is 5.91 Å². The highest BCUT2D eigenvalue weighted by Crippen LogP contribution is 2.21. The van der Waals surface area contributed by atoms with Gasteiger partial charge in [0.25, 0.3) is 5.91 Å². The summed E-state index contributed by atoms with van der Waals surface area (Å²) in [5.74, 6) is 0.764. The second kappa shape index (κ2) is 5.58. The number of anilines is 2. The zero-order chi connectivity index (χ0) is 14.9. The molecule has 0 unspecified atom stereocenters. The monoisotopic (exact) mass is 338 g/mol. The van der Waals surface area contributed by atoms with Crippen molar-refractivity contribution >= 4 is 33.5 Å². The van der Waals surface area contributed by atoms with Crippen LogP contribution in [0.4, 0.5) is 11.6 Å². The smallest absolute Gasteiger partial charge is 0.260 e. The molecule has 2 aromatic heterocycles. The van der Waals surface area contributed by atoms with Crippen molar-refractivity contribution in [2.45, 2.75) is 6.92 Å². The van der Waals surface area contributed by atoms with E-state index in [9.17, 15) is 4.79 Å². The molecular weight excluding hydrogens is 324 g/mol. The van der Waals surface area contributed by atoms with Crippen molar-refractivity contribution in [3.05, 3.63) is 28.0 Å². The first kappa shape index (κ1) is 14.4. The molecule has 2 rings (SSSR count). The van der Waals surface area contributed by atoms with Crippen LogP contribution in [-0.4, -0.2) is 40.0 Å². The summed E-state index contributed by atoms with van der Waals surface area (Å²) in [7, 11) is 5.44. The lowest BCUT2D eigenvalue weighted by atomic mass is 10.2. The molecule has 8 heteroatoms. The highest BCUT2D eigenvalue weighted by molar-refractivity contribution is 9.10. The number of hydrogen-bond donors (Lipinski definition) is 1. The number of pyridine rings is 1. The number of carbonyl (C=O) groups is 1. The lowest BCUT2D eigenvalue weighted by Gasteiger charge is -2.15. The second-order valence-electron chi connectivity index (χ2n) is 4.52. The largest absolute Gasteiger partial charge is 0.362 e. The molecule has 0 fully saturated rings. The van der Waals surface area contributed by atoms with E-state index in [2.05, 4.69) is 36.5 Å². The average Bonchev–Trinajstić information content (AvgIpc) is 2.70. The van der Waals surface area contributed by atoms with Crippen LogP contribution < -0.4 is 10.2 Å². The maximum absolute atomic E-state index is 12.4. The first-order chi connectivity index (χ1) is 9.40. The first-order valence-electron chi connectivity index (χ1n) is 5.90. The number of carbonyl (C=O) groups excluding carboxylic acids is 1. The Hall–Kier alpha value is -1.96. The van der Waals surface area contributed by atoms with Crippen LogP contribution in [0.15, 0.2) is 16.7 Å². The molecule has 7 nitrogen and oxygen atoms in total. The highest BCUT2D eigenvalue weighted by Gasteiger charge is 2.17. The minimum Gasteiger partial charge on any atom is -0.362 e. The van der Waals surface area contributed by atoms with Crippen molar-refractivity contribution in [2.24, 2.45) is 7.05 Å². The Bertz CT molecular complexity index is 651. The number of amides is 1. The number of aryl methyl sites for hydroxylation is 1. The van der Waals surface area contributed by atoms with Gasteiger partial charge in [0.1, 0.15) is 5.82 Å². The molecule has 0 aliphatic heterocycles. The molecule has 106 valence electrons. The van der Waals surface area contributed by atoms with Gasteiger partial charge in [0.15, 0.2) is 5.82 Å². The van der Waals surface area contributed by atoms with Crippen LogP contribution >= 0.6 is 15.9 Å². The van der Waals surface area contributed by atoms with E-state index in [4.69, 9.17) is 0 Å². The zero-order valence-electron chi connectivity index (χ0n) is 11.7. The van der Waals surface area contributed by atoms with Gasteiger partial charge in [-0.3, -0.25) is 9.48 Å². The van der Waals surface area contributed by atoms with Crippen LogP contribution in [0, 0.1) is 6.92 Å². The average molecular weight is 339 g/mol. The number of halogens is 1. The van der Waals surface area contributed by atoms with Gasteiger partial charge < -0.3 is 10.2 Å². The van der Waals surface area contributed by atoms with Gasteiger partial charge in [-0.05, 0) is 28.9 Å².